The molecule has 2 heterocycles. The Kier molecular flexibility index (Phi) is 5.16. The van der Waals surface area contributed by atoms with Crippen molar-refractivity contribution >= 4 is 29.1 Å². The molecular formula is C17H22Cl2N2O2. The third kappa shape index (κ3) is 3.22. The van der Waals surface area contributed by atoms with Crippen LogP contribution in [0.1, 0.15) is 30.7 Å². The number of nitrogens with one attached hydrogen (secondary N) is 1. The quantitative estimate of drug-likeness (QED) is 0.841. The molecule has 2 unspecified atom stereocenters. The molecule has 2 saturated heterocycles. The highest BCUT2D eigenvalue weighted by atomic mass is 35.5. The van der Waals surface area contributed by atoms with Crippen molar-refractivity contribution in [3.05, 3.63) is 33.8 Å². The number of carbonyl (C=O) groups is 1. The van der Waals surface area contributed by atoms with Gasteiger partial charge in [0.1, 0.15) is 6.73 Å². The van der Waals surface area contributed by atoms with Crippen LogP contribution in [0.15, 0.2) is 18.2 Å². The number of hydrogen-bond donors (Lipinski definition) is 1. The standard InChI is InChI=1S/C17H22Cl2N2O2/c1-21-11-4-6-15(21)16(17(22)20-9-23-2)12(8-11)10-3-5-13(18)14(19)7-10/h3,5,7,11-12,15-16H,4,6,8-9H2,1-2H3,(H,20,22)/t11?,12-,15?,16+/m1/s1. The Hall–Kier alpha value is -0.810. The fourth-order valence-electron chi connectivity index (χ4n) is 4.17. The summed E-state index contributed by atoms with van der Waals surface area (Å²) in [6.07, 6.45) is 3.17. The summed E-state index contributed by atoms with van der Waals surface area (Å²) < 4.78 is 5.00. The minimum absolute atomic E-state index is 0.0557. The first-order valence-electron chi connectivity index (χ1n) is 7.96. The molecule has 0 aliphatic carbocycles. The van der Waals surface area contributed by atoms with Crippen LogP contribution >= 0.6 is 23.2 Å². The largest absolute Gasteiger partial charge is 0.364 e. The lowest BCUT2D eigenvalue weighted by atomic mass is 9.75. The van der Waals surface area contributed by atoms with Gasteiger partial charge in [0, 0.05) is 19.2 Å². The fraction of sp³-hybridized carbons (Fsp3) is 0.588. The Balaban J connectivity index is 1.92. The van der Waals surface area contributed by atoms with Gasteiger partial charge < -0.3 is 10.1 Å². The Morgan fingerprint density at radius 2 is 2.13 bits per heavy atom. The van der Waals surface area contributed by atoms with E-state index >= 15 is 0 Å². The molecule has 4 nitrogen and oxygen atoms in total. The molecule has 0 saturated carbocycles. The minimum atomic E-state index is -0.0915. The van der Waals surface area contributed by atoms with Crippen molar-refractivity contribution in [2.45, 2.75) is 37.3 Å². The Labute approximate surface area is 147 Å². The first kappa shape index (κ1) is 17.0. The molecule has 1 aromatic carbocycles. The van der Waals surface area contributed by atoms with Gasteiger partial charge >= 0.3 is 0 Å². The van der Waals surface area contributed by atoms with Gasteiger partial charge in [-0.1, -0.05) is 29.3 Å². The van der Waals surface area contributed by atoms with Crippen LogP contribution in [-0.4, -0.2) is 43.8 Å². The topological polar surface area (TPSA) is 41.6 Å². The molecule has 126 valence electrons. The van der Waals surface area contributed by atoms with Crippen LogP contribution in [0.3, 0.4) is 0 Å². The number of methoxy groups -OCH3 is 1. The Morgan fingerprint density at radius 3 is 2.83 bits per heavy atom. The lowest BCUT2D eigenvalue weighted by molar-refractivity contribution is -0.130. The molecule has 23 heavy (non-hydrogen) atoms. The van der Waals surface area contributed by atoms with E-state index in [4.69, 9.17) is 27.9 Å². The van der Waals surface area contributed by atoms with Crippen molar-refractivity contribution in [3.8, 4) is 0 Å². The highest BCUT2D eigenvalue weighted by Gasteiger charge is 2.48. The Morgan fingerprint density at radius 1 is 1.35 bits per heavy atom. The van der Waals surface area contributed by atoms with E-state index < -0.39 is 0 Å². The van der Waals surface area contributed by atoms with E-state index in [2.05, 4.69) is 17.3 Å². The summed E-state index contributed by atoms with van der Waals surface area (Å²) in [7, 11) is 3.71. The third-order valence-corrected chi connectivity index (χ3v) is 6.07. The van der Waals surface area contributed by atoms with Gasteiger partial charge in [0.2, 0.25) is 5.91 Å². The number of hydrogen-bond acceptors (Lipinski definition) is 3. The van der Waals surface area contributed by atoms with Gasteiger partial charge in [-0.05, 0) is 49.9 Å². The molecule has 4 atom stereocenters. The van der Waals surface area contributed by atoms with Gasteiger partial charge in [0.05, 0.1) is 16.0 Å². The second-order valence-corrected chi connectivity index (χ2v) is 7.29. The van der Waals surface area contributed by atoms with E-state index in [9.17, 15) is 4.79 Å². The minimum Gasteiger partial charge on any atom is -0.364 e. The van der Waals surface area contributed by atoms with E-state index in [0.29, 0.717) is 16.1 Å². The number of ether oxygens (including phenoxy) is 1. The van der Waals surface area contributed by atoms with Crippen LogP contribution in [0, 0.1) is 5.92 Å². The van der Waals surface area contributed by atoms with Gasteiger partial charge in [0.25, 0.3) is 0 Å². The predicted octanol–water partition coefficient (Wildman–Crippen LogP) is 3.28. The van der Waals surface area contributed by atoms with E-state index in [1.807, 2.05) is 18.2 Å². The summed E-state index contributed by atoms with van der Waals surface area (Å²) in [6, 6.07) is 6.54. The number of nitrogens with zero attached hydrogens (tertiary/aromatic N) is 1. The summed E-state index contributed by atoms with van der Waals surface area (Å²) in [5.74, 6) is 0.126. The maximum absolute atomic E-state index is 12.7. The highest BCUT2D eigenvalue weighted by molar-refractivity contribution is 6.42. The molecule has 3 rings (SSSR count). The van der Waals surface area contributed by atoms with Crippen molar-refractivity contribution in [1.82, 2.24) is 10.2 Å². The number of carbonyl (C=O) groups excluding carboxylic acids is 1. The zero-order valence-corrected chi connectivity index (χ0v) is 14.9. The molecule has 0 spiro atoms. The van der Waals surface area contributed by atoms with Crippen LogP contribution in [0.5, 0.6) is 0 Å². The normalized spacial score (nSPS) is 30.4. The number of piperidine rings is 1. The summed E-state index contributed by atoms with van der Waals surface area (Å²) >= 11 is 12.2. The zero-order chi connectivity index (χ0) is 16.6. The van der Waals surface area contributed by atoms with Crippen molar-refractivity contribution in [2.75, 3.05) is 20.9 Å². The first-order chi connectivity index (χ1) is 11.0. The maximum atomic E-state index is 12.7. The lowest BCUT2D eigenvalue weighted by Crippen LogP contribution is -2.51. The monoisotopic (exact) mass is 356 g/mol. The molecule has 2 aliphatic heterocycles. The lowest BCUT2D eigenvalue weighted by Gasteiger charge is -2.42. The fourth-order valence-corrected chi connectivity index (χ4v) is 4.48. The molecular weight excluding hydrogens is 335 g/mol. The molecule has 0 aromatic heterocycles. The van der Waals surface area contributed by atoms with Crippen molar-refractivity contribution in [1.29, 1.82) is 0 Å². The van der Waals surface area contributed by atoms with Gasteiger partial charge in [-0.2, -0.15) is 0 Å². The molecule has 1 aromatic rings. The van der Waals surface area contributed by atoms with E-state index in [1.165, 1.54) is 0 Å². The van der Waals surface area contributed by atoms with Crippen LogP contribution in [0.2, 0.25) is 10.0 Å². The van der Waals surface area contributed by atoms with Crippen LogP contribution in [0.4, 0.5) is 0 Å². The molecule has 2 aliphatic rings. The zero-order valence-electron chi connectivity index (χ0n) is 13.4. The number of benzene rings is 1. The van der Waals surface area contributed by atoms with Crippen LogP contribution in [-0.2, 0) is 9.53 Å². The summed E-state index contributed by atoms with van der Waals surface area (Å²) in [5.41, 5.74) is 1.10. The van der Waals surface area contributed by atoms with Gasteiger partial charge in [-0.3, -0.25) is 9.69 Å². The van der Waals surface area contributed by atoms with E-state index in [0.717, 1.165) is 24.8 Å². The van der Waals surface area contributed by atoms with E-state index in [1.54, 1.807) is 7.11 Å². The van der Waals surface area contributed by atoms with Gasteiger partial charge in [-0.15, -0.1) is 0 Å². The Bertz CT molecular complexity index is 596. The molecule has 6 heteroatoms. The molecule has 2 bridgehead atoms. The number of fused-ring (bicyclic) bond motifs is 2. The summed E-state index contributed by atoms with van der Waals surface area (Å²) in [4.78, 5) is 15.1. The second-order valence-electron chi connectivity index (χ2n) is 6.48. The SMILES string of the molecule is COCNC(=O)[C@@H]1C2CCC(C[C@@H]1c1ccc(Cl)c(Cl)c1)N2C. The number of amides is 1. The highest BCUT2D eigenvalue weighted by Crippen LogP contribution is 2.46. The van der Waals surface area contributed by atoms with Crippen molar-refractivity contribution in [3.63, 3.8) is 0 Å². The predicted molar refractivity (Wildman–Crippen MR) is 91.9 cm³/mol. The van der Waals surface area contributed by atoms with Gasteiger partial charge in [-0.25, -0.2) is 0 Å². The first-order valence-corrected chi connectivity index (χ1v) is 8.72. The number of halogens is 2. The van der Waals surface area contributed by atoms with Crippen LogP contribution in [0.25, 0.3) is 0 Å². The molecule has 2 fully saturated rings. The average Bonchev–Trinajstić information content (AvgIpc) is 2.77. The average molecular weight is 357 g/mol. The number of rotatable bonds is 4. The van der Waals surface area contributed by atoms with Gasteiger partial charge in [0.15, 0.2) is 0 Å². The third-order valence-electron chi connectivity index (χ3n) is 5.33. The van der Waals surface area contributed by atoms with E-state index in [-0.39, 0.29) is 30.5 Å². The summed E-state index contributed by atoms with van der Waals surface area (Å²) in [6.45, 7) is 0.239. The summed E-state index contributed by atoms with van der Waals surface area (Å²) in [5, 5.41) is 3.98. The smallest absolute Gasteiger partial charge is 0.227 e. The molecule has 1 amide bonds. The second kappa shape index (κ2) is 6.98. The molecule has 0 radical (unpaired) electrons. The van der Waals surface area contributed by atoms with Crippen LogP contribution < -0.4 is 5.32 Å². The maximum Gasteiger partial charge on any atom is 0.227 e. The van der Waals surface area contributed by atoms with Crippen molar-refractivity contribution < 1.29 is 9.53 Å². The van der Waals surface area contributed by atoms with Crippen molar-refractivity contribution in [2.24, 2.45) is 5.92 Å². The molecule has 1 N–H and O–H groups in total.